The molecule has 0 heterocycles. The van der Waals surface area contributed by atoms with Crippen molar-refractivity contribution in [1.82, 2.24) is 0 Å². The van der Waals surface area contributed by atoms with Crippen LogP contribution in [-0.4, -0.2) is 29.0 Å². The molecule has 0 spiro atoms. The van der Waals surface area contributed by atoms with Crippen molar-refractivity contribution < 1.29 is 10.2 Å². The fourth-order valence-corrected chi connectivity index (χ4v) is 4.00. The molecule has 0 aromatic heterocycles. The Kier molecular flexibility index (Phi) is 24.6. The van der Waals surface area contributed by atoms with Gasteiger partial charge in [0.05, 0.1) is 18.8 Å². The second-order valence-corrected chi connectivity index (χ2v) is 9.27. The van der Waals surface area contributed by atoms with Crippen molar-refractivity contribution in [2.45, 2.75) is 154 Å². The van der Waals surface area contributed by atoms with E-state index in [9.17, 15) is 5.11 Å². The number of aliphatic hydroxyl groups is 2. The maximum absolute atomic E-state index is 9.61. The molecular formula is C27H55NO2. The van der Waals surface area contributed by atoms with Crippen molar-refractivity contribution in [2.75, 3.05) is 6.61 Å². The summed E-state index contributed by atoms with van der Waals surface area (Å²) in [5, 5.41) is 18.5. The second-order valence-electron chi connectivity index (χ2n) is 9.27. The normalized spacial score (nSPS) is 13.9. The molecule has 0 fully saturated rings. The van der Waals surface area contributed by atoms with Gasteiger partial charge in [-0.05, 0) is 12.8 Å². The highest BCUT2D eigenvalue weighted by Gasteiger charge is 2.08. The van der Waals surface area contributed by atoms with Crippen molar-refractivity contribution in [3.8, 4) is 0 Å². The zero-order valence-electron chi connectivity index (χ0n) is 20.3. The highest BCUT2D eigenvalue weighted by Crippen LogP contribution is 2.15. The molecule has 3 heteroatoms. The van der Waals surface area contributed by atoms with E-state index < -0.39 is 12.1 Å². The van der Waals surface area contributed by atoms with Gasteiger partial charge in [0, 0.05) is 0 Å². The van der Waals surface area contributed by atoms with Gasteiger partial charge in [0.25, 0.3) is 0 Å². The summed E-state index contributed by atoms with van der Waals surface area (Å²) >= 11 is 0. The molecule has 0 radical (unpaired) electrons. The number of aliphatic hydroxyl groups excluding tert-OH is 2. The molecular weight excluding hydrogens is 370 g/mol. The molecule has 0 aliphatic carbocycles. The van der Waals surface area contributed by atoms with E-state index in [1.165, 1.54) is 128 Å². The highest BCUT2D eigenvalue weighted by atomic mass is 16.3. The lowest BCUT2D eigenvalue weighted by Gasteiger charge is -2.11. The minimum Gasteiger partial charge on any atom is -0.395 e. The van der Waals surface area contributed by atoms with E-state index in [-0.39, 0.29) is 6.61 Å². The van der Waals surface area contributed by atoms with E-state index in [2.05, 4.69) is 6.92 Å². The summed E-state index contributed by atoms with van der Waals surface area (Å²) in [5.74, 6) is 0. The Morgan fingerprint density at radius 2 is 0.933 bits per heavy atom. The summed E-state index contributed by atoms with van der Waals surface area (Å²) < 4.78 is 0. The van der Waals surface area contributed by atoms with Gasteiger partial charge >= 0.3 is 0 Å². The molecule has 4 N–H and O–H groups in total. The molecule has 30 heavy (non-hydrogen) atoms. The van der Waals surface area contributed by atoms with Crippen LogP contribution in [0.3, 0.4) is 0 Å². The van der Waals surface area contributed by atoms with E-state index in [0.717, 1.165) is 6.42 Å². The third-order valence-corrected chi connectivity index (χ3v) is 6.21. The minimum absolute atomic E-state index is 0.176. The number of rotatable bonds is 24. The maximum Gasteiger partial charge on any atom is 0.0894 e. The molecule has 0 aromatic rings. The fourth-order valence-electron chi connectivity index (χ4n) is 4.00. The van der Waals surface area contributed by atoms with Crippen molar-refractivity contribution in [3.63, 3.8) is 0 Å². The molecule has 0 amide bonds. The van der Waals surface area contributed by atoms with Gasteiger partial charge in [-0.25, -0.2) is 0 Å². The largest absolute Gasteiger partial charge is 0.395 e. The molecule has 2 atom stereocenters. The lowest BCUT2D eigenvalue weighted by Crippen LogP contribution is -2.36. The maximum atomic E-state index is 9.61. The number of hydrogen-bond donors (Lipinski definition) is 3. The smallest absolute Gasteiger partial charge is 0.0894 e. The SMILES string of the molecule is CCCCCCCCCCCCCCCCCCCCCC/C=C/C(O)C(N)CO. The van der Waals surface area contributed by atoms with E-state index >= 15 is 0 Å². The second kappa shape index (κ2) is 24.9. The lowest BCUT2D eigenvalue weighted by molar-refractivity contribution is 0.144. The standard InChI is InChI=1S/C27H55NO2/c1-2-3-4-5-6-7-8-9-10-11-12-13-14-15-16-17-18-19-20-21-22-23-24-27(30)26(28)25-29/h23-24,26-27,29-30H,2-22,25,28H2,1H3/b24-23+. The summed E-state index contributed by atoms with van der Waals surface area (Å²) in [7, 11) is 0. The zero-order chi connectivity index (χ0) is 22.1. The van der Waals surface area contributed by atoms with Crippen LogP contribution >= 0.6 is 0 Å². The number of allylic oxidation sites excluding steroid dienone is 1. The average molecular weight is 426 g/mol. The quantitative estimate of drug-likeness (QED) is 0.111. The number of nitrogens with two attached hydrogens (primary N) is 1. The molecule has 0 saturated heterocycles. The van der Waals surface area contributed by atoms with Crippen LogP contribution in [0, 0.1) is 0 Å². The van der Waals surface area contributed by atoms with Crippen LogP contribution in [0.25, 0.3) is 0 Å². The molecule has 3 nitrogen and oxygen atoms in total. The van der Waals surface area contributed by atoms with Crippen LogP contribution in [0.15, 0.2) is 12.2 Å². The first kappa shape index (κ1) is 29.6. The van der Waals surface area contributed by atoms with Crippen LogP contribution < -0.4 is 5.73 Å². The molecule has 0 aliphatic rings. The van der Waals surface area contributed by atoms with Gasteiger partial charge in [-0.3, -0.25) is 0 Å². The number of unbranched alkanes of at least 4 members (excludes halogenated alkanes) is 20. The van der Waals surface area contributed by atoms with Crippen LogP contribution in [0.2, 0.25) is 0 Å². The van der Waals surface area contributed by atoms with E-state index in [1.54, 1.807) is 6.08 Å². The van der Waals surface area contributed by atoms with E-state index in [4.69, 9.17) is 10.8 Å². The highest BCUT2D eigenvalue weighted by molar-refractivity contribution is 4.93. The Hall–Kier alpha value is -0.380. The Labute approximate surface area is 188 Å². The van der Waals surface area contributed by atoms with Crippen molar-refractivity contribution in [2.24, 2.45) is 5.73 Å². The molecule has 0 bridgehead atoms. The average Bonchev–Trinajstić information content (AvgIpc) is 2.76. The summed E-state index contributed by atoms with van der Waals surface area (Å²) in [6, 6.07) is -0.559. The molecule has 2 unspecified atom stereocenters. The summed E-state index contributed by atoms with van der Waals surface area (Å²) in [6.45, 7) is 2.11. The third kappa shape index (κ3) is 22.3. The van der Waals surface area contributed by atoms with Crippen molar-refractivity contribution >= 4 is 0 Å². The van der Waals surface area contributed by atoms with Crippen LogP contribution in [0.1, 0.15) is 142 Å². The Bertz CT molecular complexity index is 346. The van der Waals surface area contributed by atoms with Crippen molar-refractivity contribution in [1.29, 1.82) is 0 Å². The van der Waals surface area contributed by atoms with Crippen LogP contribution in [0.4, 0.5) is 0 Å². The molecule has 0 aromatic carbocycles. The Balaban J connectivity index is 3.12. The summed E-state index contributed by atoms with van der Waals surface area (Å²) in [4.78, 5) is 0. The predicted octanol–water partition coefficient (Wildman–Crippen LogP) is 7.44. The number of hydrogen-bond acceptors (Lipinski definition) is 3. The third-order valence-electron chi connectivity index (χ3n) is 6.21. The van der Waals surface area contributed by atoms with Gasteiger partial charge in [0.15, 0.2) is 0 Å². The summed E-state index contributed by atoms with van der Waals surface area (Å²) in [6.07, 6.45) is 32.1. The van der Waals surface area contributed by atoms with Gasteiger partial charge < -0.3 is 15.9 Å². The molecule has 0 rings (SSSR count). The van der Waals surface area contributed by atoms with Gasteiger partial charge in [0.1, 0.15) is 0 Å². The minimum atomic E-state index is -0.722. The summed E-state index contributed by atoms with van der Waals surface area (Å²) in [5.41, 5.74) is 5.56. The van der Waals surface area contributed by atoms with E-state index in [0.29, 0.717) is 0 Å². The topological polar surface area (TPSA) is 66.5 Å². The fraction of sp³-hybridized carbons (Fsp3) is 0.926. The molecule has 0 saturated carbocycles. The van der Waals surface area contributed by atoms with Crippen LogP contribution in [-0.2, 0) is 0 Å². The molecule has 180 valence electrons. The van der Waals surface area contributed by atoms with Gasteiger partial charge in [-0.2, -0.15) is 0 Å². The van der Waals surface area contributed by atoms with Gasteiger partial charge in [-0.15, -0.1) is 0 Å². The van der Waals surface area contributed by atoms with Gasteiger partial charge in [0.2, 0.25) is 0 Å². The predicted molar refractivity (Wildman–Crippen MR) is 133 cm³/mol. The molecule has 0 aliphatic heterocycles. The van der Waals surface area contributed by atoms with Crippen LogP contribution in [0.5, 0.6) is 0 Å². The first-order valence-electron chi connectivity index (χ1n) is 13.4. The Morgan fingerprint density at radius 1 is 0.600 bits per heavy atom. The lowest BCUT2D eigenvalue weighted by atomic mass is 10.0. The van der Waals surface area contributed by atoms with Gasteiger partial charge in [-0.1, -0.05) is 141 Å². The monoisotopic (exact) mass is 425 g/mol. The first-order valence-corrected chi connectivity index (χ1v) is 13.4. The van der Waals surface area contributed by atoms with Crippen molar-refractivity contribution in [3.05, 3.63) is 12.2 Å². The first-order chi connectivity index (χ1) is 14.7. The zero-order valence-corrected chi connectivity index (χ0v) is 20.3. The van der Waals surface area contributed by atoms with E-state index in [1.807, 2.05) is 6.08 Å². The Morgan fingerprint density at radius 3 is 1.27 bits per heavy atom.